The van der Waals surface area contributed by atoms with Crippen LogP contribution in [-0.4, -0.2) is 22.6 Å². The van der Waals surface area contributed by atoms with Crippen LogP contribution in [0.1, 0.15) is 101 Å². The predicted molar refractivity (Wildman–Crippen MR) is 137 cm³/mol. The Bertz CT molecular complexity index is 879. The van der Waals surface area contributed by atoms with Gasteiger partial charge in [-0.05, 0) is 35.7 Å². The topological polar surface area (TPSA) is 89.7 Å². The summed E-state index contributed by atoms with van der Waals surface area (Å²) in [4.78, 5) is 22.1. The highest BCUT2D eigenvalue weighted by Gasteiger charge is 2.17. The third-order valence-electron chi connectivity index (χ3n) is 6.13. The van der Waals surface area contributed by atoms with Gasteiger partial charge in [-0.3, -0.25) is 10.1 Å². The second kappa shape index (κ2) is 15.9. The fourth-order valence-electron chi connectivity index (χ4n) is 4.07. The SMILES string of the molecule is CCCCCCCCCCCCCCCOc1ccc(-c2ccc(C(=O)O)cc2)cc1[N+](=O)[O-]. The lowest BCUT2D eigenvalue weighted by Crippen LogP contribution is -2.01. The van der Waals surface area contributed by atoms with Gasteiger partial charge >= 0.3 is 11.7 Å². The van der Waals surface area contributed by atoms with Crippen LogP contribution in [0.5, 0.6) is 5.75 Å². The van der Waals surface area contributed by atoms with Gasteiger partial charge in [0, 0.05) is 6.07 Å². The molecule has 0 atom stereocenters. The molecule has 186 valence electrons. The molecule has 2 aromatic carbocycles. The first kappa shape index (κ1) is 27.4. The molecular formula is C28H39NO5. The minimum Gasteiger partial charge on any atom is -0.487 e. The van der Waals surface area contributed by atoms with Crippen molar-refractivity contribution in [3.8, 4) is 16.9 Å². The third-order valence-corrected chi connectivity index (χ3v) is 6.13. The van der Waals surface area contributed by atoms with Crippen LogP contribution >= 0.6 is 0 Å². The lowest BCUT2D eigenvalue weighted by Gasteiger charge is -2.09. The molecule has 0 aliphatic heterocycles. The molecule has 6 heteroatoms. The van der Waals surface area contributed by atoms with Crippen LogP contribution in [0.2, 0.25) is 0 Å². The van der Waals surface area contributed by atoms with Crippen molar-refractivity contribution < 1.29 is 19.6 Å². The Morgan fingerprint density at radius 3 is 1.79 bits per heavy atom. The number of hydrogen-bond donors (Lipinski definition) is 1. The number of nitro groups is 1. The summed E-state index contributed by atoms with van der Waals surface area (Å²) in [6.45, 7) is 2.71. The van der Waals surface area contributed by atoms with Crippen LogP contribution in [0.15, 0.2) is 42.5 Å². The molecule has 0 saturated carbocycles. The summed E-state index contributed by atoms with van der Waals surface area (Å²) in [6.07, 6.45) is 16.5. The second-order valence-electron chi connectivity index (χ2n) is 8.91. The average molecular weight is 470 g/mol. The first-order valence-electron chi connectivity index (χ1n) is 12.8. The van der Waals surface area contributed by atoms with E-state index in [4.69, 9.17) is 9.84 Å². The summed E-state index contributed by atoms with van der Waals surface area (Å²) in [6, 6.07) is 11.1. The van der Waals surface area contributed by atoms with Crippen molar-refractivity contribution in [2.24, 2.45) is 0 Å². The summed E-state index contributed by atoms with van der Waals surface area (Å²) in [7, 11) is 0. The average Bonchev–Trinajstić information content (AvgIpc) is 2.84. The number of carboxylic acid groups (broad SMARTS) is 1. The summed E-state index contributed by atoms with van der Waals surface area (Å²) >= 11 is 0. The van der Waals surface area contributed by atoms with E-state index < -0.39 is 10.9 Å². The molecule has 0 aliphatic rings. The summed E-state index contributed by atoms with van der Waals surface area (Å²) < 4.78 is 5.72. The van der Waals surface area contributed by atoms with Gasteiger partial charge in [-0.2, -0.15) is 0 Å². The molecule has 0 spiro atoms. The number of rotatable bonds is 18. The number of carbonyl (C=O) groups is 1. The van der Waals surface area contributed by atoms with Crippen molar-refractivity contribution in [1.82, 2.24) is 0 Å². The summed E-state index contributed by atoms with van der Waals surface area (Å²) in [5.41, 5.74) is 1.47. The monoisotopic (exact) mass is 469 g/mol. The molecule has 1 N–H and O–H groups in total. The summed E-state index contributed by atoms with van der Waals surface area (Å²) in [5.74, 6) is -0.732. The van der Waals surface area contributed by atoms with Gasteiger partial charge in [-0.15, -0.1) is 0 Å². The van der Waals surface area contributed by atoms with E-state index in [0.717, 1.165) is 18.4 Å². The zero-order valence-corrected chi connectivity index (χ0v) is 20.5. The van der Waals surface area contributed by atoms with Gasteiger partial charge in [0.25, 0.3) is 0 Å². The molecule has 6 nitrogen and oxygen atoms in total. The first-order valence-corrected chi connectivity index (χ1v) is 12.8. The van der Waals surface area contributed by atoms with E-state index in [0.29, 0.717) is 12.2 Å². The van der Waals surface area contributed by atoms with Gasteiger partial charge < -0.3 is 9.84 Å². The molecule has 0 unspecified atom stereocenters. The van der Waals surface area contributed by atoms with Crippen LogP contribution in [0, 0.1) is 10.1 Å². The van der Waals surface area contributed by atoms with Crippen molar-refractivity contribution in [1.29, 1.82) is 0 Å². The standard InChI is InChI=1S/C28H39NO5/c1-2-3-4-5-6-7-8-9-10-11-12-13-14-21-34-27-20-19-25(22-26(27)29(32)33)23-15-17-24(18-16-23)28(30)31/h15-20,22H,2-14,21H2,1H3,(H,30,31). The number of nitro benzene ring substituents is 1. The molecule has 0 saturated heterocycles. The normalized spacial score (nSPS) is 10.9. The number of aromatic carboxylic acids is 1. The highest BCUT2D eigenvalue weighted by Crippen LogP contribution is 2.32. The Morgan fingerprint density at radius 1 is 0.794 bits per heavy atom. The van der Waals surface area contributed by atoms with Crippen LogP contribution in [0.4, 0.5) is 5.69 Å². The third kappa shape index (κ3) is 9.94. The minimum absolute atomic E-state index is 0.0745. The Balaban J connectivity index is 1.67. The van der Waals surface area contributed by atoms with Gasteiger partial charge in [-0.25, -0.2) is 4.79 Å². The highest BCUT2D eigenvalue weighted by molar-refractivity contribution is 5.88. The first-order chi connectivity index (χ1) is 16.5. The van der Waals surface area contributed by atoms with Gasteiger partial charge in [-0.1, -0.05) is 102 Å². The van der Waals surface area contributed by atoms with Crippen LogP contribution in [-0.2, 0) is 0 Å². The number of ether oxygens (including phenoxy) is 1. The van der Waals surface area contributed by atoms with E-state index in [1.54, 1.807) is 24.3 Å². The Hall–Kier alpha value is -2.89. The molecule has 0 fully saturated rings. The Morgan fingerprint density at radius 2 is 1.29 bits per heavy atom. The second-order valence-corrected chi connectivity index (χ2v) is 8.91. The van der Waals surface area contributed by atoms with Gasteiger partial charge in [0.15, 0.2) is 5.75 Å². The fourth-order valence-corrected chi connectivity index (χ4v) is 4.07. The lowest BCUT2D eigenvalue weighted by atomic mass is 10.0. The van der Waals surface area contributed by atoms with Crippen molar-refractivity contribution in [3.05, 3.63) is 58.1 Å². The molecule has 0 bridgehead atoms. The number of benzene rings is 2. The van der Waals surface area contributed by atoms with E-state index in [1.807, 2.05) is 0 Å². The number of hydrogen-bond acceptors (Lipinski definition) is 4. The van der Waals surface area contributed by atoms with Gasteiger partial charge in [0.1, 0.15) is 0 Å². The molecule has 0 aliphatic carbocycles. The summed E-state index contributed by atoms with van der Waals surface area (Å²) in [5, 5.41) is 20.6. The zero-order valence-electron chi connectivity index (χ0n) is 20.5. The minimum atomic E-state index is -1.01. The van der Waals surface area contributed by atoms with Crippen molar-refractivity contribution in [3.63, 3.8) is 0 Å². The number of carboxylic acids is 1. The molecule has 34 heavy (non-hydrogen) atoms. The number of nitrogens with zero attached hydrogens (tertiary/aromatic N) is 1. The predicted octanol–water partition coefficient (Wildman–Crippen LogP) is 8.43. The lowest BCUT2D eigenvalue weighted by molar-refractivity contribution is -0.385. The molecule has 2 rings (SSSR count). The van der Waals surface area contributed by atoms with Crippen molar-refractivity contribution in [2.45, 2.75) is 90.4 Å². The van der Waals surface area contributed by atoms with Crippen LogP contribution < -0.4 is 4.74 Å². The molecule has 0 aromatic heterocycles. The zero-order chi connectivity index (χ0) is 24.6. The maximum atomic E-state index is 11.5. The van der Waals surface area contributed by atoms with Crippen molar-refractivity contribution >= 4 is 11.7 Å². The van der Waals surface area contributed by atoms with E-state index in [-0.39, 0.29) is 17.0 Å². The molecule has 0 radical (unpaired) electrons. The quantitative estimate of drug-likeness (QED) is 0.134. The van der Waals surface area contributed by atoms with E-state index >= 15 is 0 Å². The van der Waals surface area contributed by atoms with E-state index in [2.05, 4.69) is 6.92 Å². The molecule has 0 amide bonds. The Labute approximate surface area is 203 Å². The van der Waals surface area contributed by atoms with Crippen molar-refractivity contribution in [2.75, 3.05) is 6.61 Å². The maximum Gasteiger partial charge on any atom is 0.335 e. The van der Waals surface area contributed by atoms with Gasteiger partial charge in [0.2, 0.25) is 0 Å². The smallest absolute Gasteiger partial charge is 0.335 e. The highest BCUT2D eigenvalue weighted by atomic mass is 16.6. The largest absolute Gasteiger partial charge is 0.487 e. The number of unbranched alkanes of at least 4 members (excludes halogenated alkanes) is 12. The van der Waals surface area contributed by atoms with Crippen LogP contribution in [0.3, 0.4) is 0 Å². The van der Waals surface area contributed by atoms with Gasteiger partial charge in [0.05, 0.1) is 17.1 Å². The maximum absolute atomic E-state index is 11.5. The van der Waals surface area contributed by atoms with Crippen LogP contribution in [0.25, 0.3) is 11.1 Å². The molecule has 0 heterocycles. The van der Waals surface area contributed by atoms with E-state index in [9.17, 15) is 14.9 Å². The molecule has 2 aromatic rings. The Kier molecular flexibility index (Phi) is 12.8. The fraction of sp³-hybridized carbons (Fsp3) is 0.536. The van der Waals surface area contributed by atoms with E-state index in [1.165, 1.54) is 88.8 Å². The molecular weight excluding hydrogens is 430 g/mol.